The fourth-order valence-corrected chi connectivity index (χ4v) is 3.09. The van der Waals surface area contributed by atoms with E-state index in [-0.39, 0.29) is 24.5 Å². The van der Waals surface area contributed by atoms with E-state index in [0.717, 1.165) is 45.2 Å². The lowest BCUT2D eigenvalue weighted by Crippen LogP contribution is -2.53. The average Bonchev–Trinajstić information content (AvgIpc) is 2.41. The van der Waals surface area contributed by atoms with Crippen LogP contribution < -0.4 is 5.32 Å². The van der Waals surface area contributed by atoms with Gasteiger partial charge in [-0.3, -0.25) is 4.79 Å². The van der Waals surface area contributed by atoms with Crippen LogP contribution in [0.25, 0.3) is 0 Å². The molecule has 0 spiro atoms. The maximum absolute atomic E-state index is 12.3. The second-order valence-corrected chi connectivity index (χ2v) is 5.97. The summed E-state index contributed by atoms with van der Waals surface area (Å²) in [4.78, 5) is 27.2. The molecule has 2 fully saturated rings. The number of rotatable bonds is 3. The van der Waals surface area contributed by atoms with E-state index < -0.39 is 5.97 Å². The van der Waals surface area contributed by atoms with Crippen molar-refractivity contribution in [2.24, 2.45) is 0 Å². The largest absolute Gasteiger partial charge is 0.481 e. The van der Waals surface area contributed by atoms with Crippen LogP contribution in [0.2, 0.25) is 0 Å². The minimum atomic E-state index is -0.825. The van der Waals surface area contributed by atoms with E-state index in [1.807, 2.05) is 0 Å². The molecule has 1 unspecified atom stereocenters. The molecule has 2 N–H and O–H groups in total. The molecular formula is C14H25N3O3. The molecular weight excluding hydrogens is 258 g/mol. The standard InChI is InChI=1S/C14H25N3O3/c1-16-8-5-11(6-9-16)15-14(20)17-7-3-2-4-12(17)10-13(18)19/h11-12H,2-10H2,1H3,(H,15,20)(H,18,19). The van der Waals surface area contributed by atoms with Gasteiger partial charge in [0.2, 0.25) is 0 Å². The molecule has 114 valence electrons. The molecule has 2 amide bonds. The predicted molar refractivity (Wildman–Crippen MR) is 75.6 cm³/mol. The molecule has 0 bridgehead atoms. The van der Waals surface area contributed by atoms with Gasteiger partial charge >= 0.3 is 12.0 Å². The van der Waals surface area contributed by atoms with Crippen LogP contribution in [0.5, 0.6) is 0 Å². The molecule has 0 saturated carbocycles. The van der Waals surface area contributed by atoms with E-state index in [0.29, 0.717) is 6.54 Å². The molecule has 2 saturated heterocycles. The lowest BCUT2D eigenvalue weighted by Gasteiger charge is -2.37. The summed E-state index contributed by atoms with van der Waals surface area (Å²) in [5.41, 5.74) is 0. The Kier molecular flexibility index (Phi) is 5.23. The van der Waals surface area contributed by atoms with Gasteiger partial charge in [-0.2, -0.15) is 0 Å². The summed E-state index contributed by atoms with van der Waals surface area (Å²) in [5.74, 6) is -0.825. The van der Waals surface area contributed by atoms with Gasteiger partial charge in [-0.15, -0.1) is 0 Å². The number of carbonyl (C=O) groups is 2. The van der Waals surface area contributed by atoms with Gasteiger partial charge in [-0.05, 0) is 52.2 Å². The van der Waals surface area contributed by atoms with Crippen molar-refractivity contribution >= 4 is 12.0 Å². The monoisotopic (exact) mass is 283 g/mol. The highest BCUT2D eigenvalue weighted by Gasteiger charge is 2.30. The molecule has 6 nitrogen and oxygen atoms in total. The van der Waals surface area contributed by atoms with Gasteiger partial charge in [-0.25, -0.2) is 4.79 Å². The fourth-order valence-electron chi connectivity index (χ4n) is 3.09. The highest BCUT2D eigenvalue weighted by atomic mass is 16.4. The molecule has 0 aliphatic carbocycles. The summed E-state index contributed by atoms with van der Waals surface area (Å²) in [5, 5.41) is 12.0. The Morgan fingerprint density at radius 1 is 1.15 bits per heavy atom. The van der Waals surface area contributed by atoms with Crippen molar-refractivity contribution in [2.45, 2.75) is 50.6 Å². The van der Waals surface area contributed by atoms with Crippen LogP contribution in [-0.4, -0.2) is 65.7 Å². The third-order valence-corrected chi connectivity index (χ3v) is 4.34. The van der Waals surface area contributed by atoms with E-state index in [2.05, 4.69) is 17.3 Å². The molecule has 0 aromatic rings. The summed E-state index contributed by atoms with van der Waals surface area (Å²) in [6, 6.07) is 0.00382. The highest BCUT2D eigenvalue weighted by Crippen LogP contribution is 2.20. The van der Waals surface area contributed by atoms with Crippen LogP contribution in [0.3, 0.4) is 0 Å². The Bertz CT molecular complexity index is 354. The van der Waals surface area contributed by atoms with Gasteiger partial charge < -0.3 is 20.2 Å². The van der Waals surface area contributed by atoms with Crippen molar-refractivity contribution in [1.29, 1.82) is 0 Å². The second kappa shape index (κ2) is 6.92. The minimum Gasteiger partial charge on any atom is -0.481 e. The van der Waals surface area contributed by atoms with Crippen LogP contribution in [-0.2, 0) is 4.79 Å². The van der Waals surface area contributed by atoms with Gasteiger partial charge in [0, 0.05) is 18.6 Å². The van der Waals surface area contributed by atoms with E-state index in [4.69, 9.17) is 5.11 Å². The zero-order valence-electron chi connectivity index (χ0n) is 12.2. The topological polar surface area (TPSA) is 72.9 Å². The number of nitrogens with zero attached hydrogens (tertiary/aromatic N) is 2. The predicted octanol–water partition coefficient (Wildman–Crippen LogP) is 1.12. The number of carboxylic acid groups (broad SMARTS) is 1. The van der Waals surface area contributed by atoms with Crippen LogP contribution in [0.1, 0.15) is 38.5 Å². The highest BCUT2D eigenvalue weighted by molar-refractivity contribution is 5.76. The van der Waals surface area contributed by atoms with Crippen molar-refractivity contribution in [3.05, 3.63) is 0 Å². The summed E-state index contributed by atoms with van der Waals surface area (Å²) < 4.78 is 0. The Morgan fingerprint density at radius 3 is 2.50 bits per heavy atom. The number of hydrogen-bond donors (Lipinski definition) is 2. The number of hydrogen-bond acceptors (Lipinski definition) is 3. The van der Waals surface area contributed by atoms with Crippen LogP contribution in [0.15, 0.2) is 0 Å². The van der Waals surface area contributed by atoms with E-state index in [1.165, 1.54) is 0 Å². The van der Waals surface area contributed by atoms with Crippen molar-refractivity contribution in [3.8, 4) is 0 Å². The van der Waals surface area contributed by atoms with Crippen LogP contribution >= 0.6 is 0 Å². The maximum Gasteiger partial charge on any atom is 0.317 e. The Balaban J connectivity index is 1.87. The number of amides is 2. The molecule has 20 heavy (non-hydrogen) atoms. The van der Waals surface area contributed by atoms with Crippen molar-refractivity contribution in [3.63, 3.8) is 0 Å². The molecule has 2 rings (SSSR count). The zero-order valence-corrected chi connectivity index (χ0v) is 12.2. The number of urea groups is 1. The van der Waals surface area contributed by atoms with Crippen LogP contribution in [0.4, 0.5) is 4.79 Å². The first kappa shape index (κ1) is 15.1. The van der Waals surface area contributed by atoms with E-state index in [9.17, 15) is 9.59 Å². The molecule has 0 radical (unpaired) electrons. The number of carbonyl (C=O) groups excluding carboxylic acids is 1. The minimum absolute atomic E-state index is 0.0564. The summed E-state index contributed by atoms with van der Waals surface area (Å²) >= 11 is 0. The summed E-state index contributed by atoms with van der Waals surface area (Å²) in [7, 11) is 2.09. The third kappa shape index (κ3) is 4.10. The molecule has 2 heterocycles. The first-order valence-corrected chi connectivity index (χ1v) is 7.53. The van der Waals surface area contributed by atoms with Gasteiger partial charge in [0.1, 0.15) is 0 Å². The fraction of sp³-hybridized carbons (Fsp3) is 0.857. The van der Waals surface area contributed by atoms with Gasteiger partial charge in [0.05, 0.1) is 6.42 Å². The smallest absolute Gasteiger partial charge is 0.317 e. The van der Waals surface area contributed by atoms with Crippen molar-refractivity contribution in [1.82, 2.24) is 15.1 Å². The third-order valence-electron chi connectivity index (χ3n) is 4.34. The number of likely N-dealkylation sites (tertiary alicyclic amines) is 2. The maximum atomic E-state index is 12.3. The molecule has 0 aromatic carbocycles. The molecule has 2 aliphatic heterocycles. The molecule has 6 heteroatoms. The van der Waals surface area contributed by atoms with Crippen LogP contribution in [0, 0.1) is 0 Å². The first-order valence-electron chi connectivity index (χ1n) is 7.53. The second-order valence-electron chi connectivity index (χ2n) is 5.97. The Hall–Kier alpha value is -1.30. The van der Waals surface area contributed by atoms with Gasteiger partial charge in [0.15, 0.2) is 0 Å². The van der Waals surface area contributed by atoms with Crippen molar-refractivity contribution < 1.29 is 14.7 Å². The van der Waals surface area contributed by atoms with Crippen molar-refractivity contribution in [2.75, 3.05) is 26.7 Å². The number of aliphatic carboxylic acids is 1. The summed E-state index contributed by atoms with van der Waals surface area (Å²) in [6.45, 7) is 2.68. The number of piperidine rings is 2. The normalized spacial score (nSPS) is 25.4. The molecule has 0 aromatic heterocycles. The SMILES string of the molecule is CN1CCC(NC(=O)N2CCCCC2CC(=O)O)CC1. The van der Waals surface area contributed by atoms with E-state index in [1.54, 1.807) is 4.90 Å². The van der Waals surface area contributed by atoms with E-state index >= 15 is 0 Å². The zero-order chi connectivity index (χ0) is 14.5. The first-order chi connectivity index (χ1) is 9.56. The quantitative estimate of drug-likeness (QED) is 0.814. The molecule has 2 aliphatic rings. The number of nitrogens with one attached hydrogen (secondary N) is 1. The lowest BCUT2D eigenvalue weighted by molar-refractivity contribution is -0.138. The Morgan fingerprint density at radius 2 is 1.85 bits per heavy atom. The lowest BCUT2D eigenvalue weighted by atomic mass is 9.99. The Labute approximate surface area is 120 Å². The molecule has 1 atom stereocenters. The summed E-state index contributed by atoms with van der Waals surface area (Å²) in [6.07, 6.45) is 4.78. The van der Waals surface area contributed by atoms with Gasteiger partial charge in [0.25, 0.3) is 0 Å². The average molecular weight is 283 g/mol. The van der Waals surface area contributed by atoms with Gasteiger partial charge in [-0.1, -0.05) is 0 Å². The number of carboxylic acids is 1.